The quantitative estimate of drug-likeness (QED) is 0.748. The van der Waals surface area contributed by atoms with Crippen molar-refractivity contribution in [2.24, 2.45) is 0 Å². The Kier molecular flexibility index (Phi) is 3.53. The fourth-order valence-electron chi connectivity index (χ4n) is 2.14. The summed E-state index contributed by atoms with van der Waals surface area (Å²) in [6.45, 7) is 5.28. The maximum absolute atomic E-state index is 12.3. The summed E-state index contributed by atoms with van der Waals surface area (Å²) in [7, 11) is 0. The third kappa shape index (κ3) is 2.71. The Hall–Kier alpha value is -2.47. The molecule has 1 amide bonds. The molecule has 2 aromatic rings. The Balaban J connectivity index is 1.88. The van der Waals surface area contributed by atoms with Gasteiger partial charge in [0.25, 0.3) is 5.91 Å². The number of rotatable bonds is 3. The summed E-state index contributed by atoms with van der Waals surface area (Å²) < 4.78 is 0. The molecule has 0 spiro atoms. The van der Waals surface area contributed by atoms with Crippen LogP contribution in [0.3, 0.4) is 0 Å². The van der Waals surface area contributed by atoms with E-state index in [1.807, 2.05) is 38.1 Å². The Morgan fingerprint density at radius 2 is 2.05 bits per heavy atom. The van der Waals surface area contributed by atoms with Gasteiger partial charge in [-0.25, -0.2) is 4.98 Å². The van der Waals surface area contributed by atoms with E-state index in [0.29, 0.717) is 11.5 Å². The van der Waals surface area contributed by atoms with E-state index in [1.165, 1.54) is 0 Å². The van der Waals surface area contributed by atoms with Crippen LogP contribution in [-0.2, 0) is 4.79 Å². The molecule has 1 fully saturated rings. The van der Waals surface area contributed by atoms with E-state index >= 15 is 0 Å². The SMILES string of the molecule is CC(C(=O)Nc1ccccc1-c1n[nH]c(C)n1)=C1CNC1. The van der Waals surface area contributed by atoms with Crippen molar-refractivity contribution >= 4 is 11.6 Å². The maximum atomic E-state index is 12.3. The first-order chi connectivity index (χ1) is 10.1. The fraction of sp³-hybridized carbons (Fsp3) is 0.267. The molecule has 3 rings (SSSR count). The van der Waals surface area contributed by atoms with Gasteiger partial charge >= 0.3 is 0 Å². The molecule has 1 aliphatic heterocycles. The average Bonchev–Trinajstić information content (AvgIpc) is 2.84. The molecule has 6 heteroatoms. The smallest absolute Gasteiger partial charge is 0.251 e. The van der Waals surface area contributed by atoms with Crippen LogP contribution in [0.25, 0.3) is 11.4 Å². The van der Waals surface area contributed by atoms with Crippen molar-refractivity contribution in [1.29, 1.82) is 0 Å². The lowest BCUT2D eigenvalue weighted by atomic mass is 10.0. The number of carbonyl (C=O) groups is 1. The molecule has 21 heavy (non-hydrogen) atoms. The van der Waals surface area contributed by atoms with E-state index in [1.54, 1.807) is 0 Å². The number of aryl methyl sites for hydroxylation is 1. The van der Waals surface area contributed by atoms with Crippen LogP contribution >= 0.6 is 0 Å². The van der Waals surface area contributed by atoms with E-state index in [-0.39, 0.29) is 5.91 Å². The van der Waals surface area contributed by atoms with Gasteiger partial charge in [-0.2, -0.15) is 5.10 Å². The van der Waals surface area contributed by atoms with Crippen LogP contribution in [-0.4, -0.2) is 34.2 Å². The van der Waals surface area contributed by atoms with Crippen LogP contribution in [0.5, 0.6) is 0 Å². The van der Waals surface area contributed by atoms with Crippen molar-refractivity contribution < 1.29 is 4.79 Å². The van der Waals surface area contributed by atoms with Gasteiger partial charge in [0.05, 0.1) is 5.69 Å². The average molecular weight is 283 g/mol. The molecule has 0 bridgehead atoms. The lowest BCUT2D eigenvalue weighted by molar-refractivity contribution is -0.112. The largest absolute Gasteiger partial charge is 0.322 e. The van der Waals surface area contributed by atoms with E-state index in [0.717, 1.165) is 35.6 Å². The van der Waals surface area contributed by atoms with Gasteiger partial charge in [-0.1, -0.05) is 12.1 Å². The van der Waals surface area contributed by atoms with Gasteiger partial charge in [0, 0.05) is 24.2 Å². The Morgan fingerprint density at radius 3 is 2.67 bits per heavy atom. The highest BCUT2D eigenvalue weighted by molar-refractivity contribution is 6.05. The number of H-pyrrole nitrogens is 1. The van der Waals surface area contributed by atoms with Crippen molar-refractivity contribution in [3.63, 3.8) is 0 Å². The van der Waals surface area contributed by atoms with Gasteiger partial charge in [-0.15, -0.1) is 0 Å². The van der Waals surface area contributed by atoms with Gasteiger partial charge in [0.1, 0.15) is 5.82 Å². The molecule has 1 aromatic carbocycles. The number of aromatic nitrogens is 3. The van der Waals surface area contributed by atoms with Crippen molar-refractivity contribution in [1.82, 2.24) is 20.5 Å². The second-order valence-electron chi connectivity index (χ2n) is 5.08. The van der Waals surface area contributed by atoms with Crippen molar-refractivity contribution in [2.75, 3.05) is 18.4 Å². The number of hydrogen-bond acceptors (Lipinski definition) is 4. The predicted molar refractivity (Wildman–Crippen MR) is 80.8 cm³/mol. The number of nitrogens with one attached hydrogen (secondary N) is 3. The summed E-state index contributed by atoms with van der Waals surface area (Å²) in [5.41, 5.74) is 3.45. The number of aromatic amines is 1. The second-order valence-corrected chi connectivity index (χ2v) is 5.08. The molecule has 0 radical (unpaired) electrons. The van der Waals surface area contributed by atoms with Crippen LogP contribution in [0.2, 0.25) is 0 Å². The summed E-state index contributed by atoms with van der Waals surface area (Å²) in [4.78, 5) is 16.6. The molecule has 3 N–H and O–H groups in total. The first-order valence-electron chi connectivity index (χ1n) is 6.84. The highest BCUT2D eigenvalue weighted by Gasteiger charge is 2.17. The van der Waals surface area contributed by atoms with Gasteiger partial charge < -0.3 is 10.6 Å². The topological polar surface area (TPSA) is 82.7 Å². The lowest BCUT2D eigenvalue weighted by Crippen LogP contribution is -2.36. The molecule has 0 unspecified atom stereocenters. The standard InChI is InChI=1S/C15H17N5O/c1-9(11-7-16-8-11)15(21)18-13-6-4-3-5-12(13)14-17-10(2)19-20-14/h3-6,16H,7-8H2,1-2H3,(H,18,21)(H,17,19,20). The number of para-hydroxylation sites is 1. The lowest BCUT2D eigenvalue weighted by Gasteiger charge is -2.21. The molecule has 1 saturated heterocycles. The number of anilines is 1. The number of benzene rings is 1. The number of carbonyl (C=O) groups excluding carboxylic acids is 1. The van der Waals surface area contributed by atoms with E-state index < -0.39 is 0 Å². The van der Waals surface area contributed by atoms with Crippen molar-refractivity contribution in [2.45, 2.75) is 13.8 Å². The molecule has 1 aromatic heterocycles. The summed E-state index contributed by atoms with van der Waals surface area (Å²) in [6.07, 6.45) is 0. The minimum atomic E-state index is -0.0776. The number of hydrogen-bond donors (Lipinski definition) is 3. The first-order valence-corrected chi connectivity index (χ1v) is 6.84. The zero-order chi connectivity index (χ0) is 14.8. The van der Waals surface area contributed by atoms with E-state index in [9.17, 15) is 4.79 Å². The highest BCUT2D eigenvalue weighted by atomic mass is 16.1. The van der Waals surface area contributed by atoms with Crippen LogP contribution < -0.4 is 10.6 Å². The van der Waals surface area contributed by atoms with Crippen LogP contribution in [0, 0.1) is 6.92 Å². The molecule has 0 atom stereocenters. The van der Waals surface area contributed by atoms with Gasteiger partial charge in [-0.3, -0.25) is 9.89 Å². The number of amides is 1. The Labute approximate surface area is 122 Å². The molecule has 0 saturated carbocycles. The molecule has 6 nitrogen and oxygen atoms in total. The van der Waals surface area contributed by atoms with Crippen LogP contribution in [0.1, 0.15) is 12.7 Å². The summed E-state index contributed by atoms with van der Waals surface area (Å²) in [6, 6.07) is 7.53. The molecule has 108 valence electrons. The van der Waals surface area contributed by atoms with Crippen LogP contribution in [0.4, 0.5) is 5.69 Å². The minimum Gasteiger partial charge on any atom is -0.322 e. The first kappa shape index (κ1) is 13.5. The number of nitrogens with zero attached hydrogens (tertiary/aromatic N) is 2. The third-order valence-electron chi connectivity index (χ3n) is 3.56. The normalized spacial score (nSPS) is 13.7. The van der Waals surface area contributed by atoms with Crippen molar-refractivity contribution in [3.8, 4) is 11.4 Å². The van der Waals surface area contributed by atoms with E-state index in [2.05, 4.69) is 25.8 Å². The predicted octanol–water partition coefficient (Wildman–Crippen LogP) is 1.64. The molecular formula is C15H17N5O. The van der Waals surface area contributed by atoms with Crippen LogP contribution in [0.15, 0.2) is 35.4 Å². The van der Waals surface area contributed by atoms with Crippen molar-refractivity contribution in [3.05, 3.63) is 41.2 Å². The Morgan fingerprint density at radius 1 is 1.29 bits per heavy atom. The van der Waals surface area contributed by atoms with Gasteiger partial charge in [0.15, 0.2) is 5.82 Å². The zero-order valence-electron chi connectivity index (χ0n) is 12.0. The third-order valence-corrected chi connectivity index (χ3v) is 3.56. The Bertz CT molecular complexity index is 710. The molecule has 0 aliphatic carbocycles. The molecule has 2 heterocycles. The van der Waals surface area contributed by atoms with Gasteiger partial charge in [-0.05, 0) is 31.6 Å². The second kappa shape index (κ2) is 5.49. The molecule has 1 aliphatic rings. The van der Waals surface area contributed by atoms with E-state index in [4.69, 9.17) is 0 Å². The van der Waals surface area contributed by atoms with Gasteiger partial charge in [0.2, 0.25) is 0 Å². The summed E-state index contributed by atoms with van der Waals surface area (Å²) in [5, 5.41) is 13.1. The maximum Gasteiger partial charge on any atom is 0.251 e. The fourth-order valence-corrected chi connectivity index (χ4v) is 2.14. The minimum absolute atomic E-state index is 0.0776. The highest BCUT2D eigenvalue weighted by Crippen LogP contribution is 2.25. The zero-order valence-corrected chi connectivity index (χ0v) is 12.0. The monoisotopic (exact) mass is 283 g/mol. The summed E-state index contributed by atoms with van der Waals surface area (Å²) in [5.74, 6) is 1.25. The molecular weight excluding hydrogens is 266 g/mol. The summed E-state index contributed by atoms with van der Waals surface area (Å²) >= 11 is 0.